The summed E-state index contributed by atoms with van der Waals surface area (Å²) in [5.74, 6) is 0.631. The molecule has 4 aromatic rings. The highest BCUT2D eigenvalue weighted by molar-refractivity contribution is 7.99. The number of para-hydroxylation sites is 1. The number of hydrogen-bond acceptors (Lipinski definition) is 7. The number of carbonyl (C=O) groups excluding carboxylic acids is 1. The number of carbonyl (C=O) groups is 1. The molecule has 33 heavy (non-hydrogen) atoms. The highest BCUT2D eigenvalue weighted by Crippen LogP contribution is 2.32. The van der Waals surface area contributed by atoms with E-state index in [9.17, 15) is 10.1 Å². The molecule has 0 radical (unpaired) electrons. The van der Waals surface area contributed by atoms with Gasteiger partial charge in [0.2, 0.25) is 5.91 Å². The number of anilines is 1. The third kappa shape index (κ3) is 4.82. The molecule has 0 saturated carbocycles. The van der Waals surface area contributed by atoms with Crippen molar-refractivity contribution in [2.24, 2.45) is 0 Å². The fraction of sp³-hybridized carbons (Fsp3) is 0.208. The quantitative estimate of drug-likeness (QED) is 0.356. The average Bonchev–Trinajstić information content (AvgIpc) is 3.49. The minimum Gasteiger partial charge on any atom is -0.316 e. The van der Waals surface area contributed by atoms with Crippen molar-refractivity contribution in [3.8, 4) is 23.1 Å². The van der Waals surface area contributed by atoms with Crippen molar-refractivity contribution in [3.05, 3.63) is 70.9 Å². The van der Waals surface area contributed by atoms with Crippen LogP contribution in [0.15, 0.2) is 59.3 Å². The molecule has 3 heterocycles. The lowest BCUT2D eigenvalue weighted by Crippen LogP contribution is -2.15. The Morgan fingerprint density at radius 3 is 2.61 bits per heavy atom. The Morgan fingerprint density at radius 1 is 1.15 bits per heavy atom. The molecule has 0 bridgehead atoms. The van der Waals surface area contributed by atoms with Crippen LogP contribution in [0.5, 0.6) is 0 Å². The van der Waals surface area contributed by atoms with Gasteiger partial charge in [-0.25, -0.2) is 0 Å². The summed E-state index contributed by atoms with van der Waals surface area (Å²) in [6, 6.07) is 13.9. The van der Waals surface area contributed by atoms with Gasteiger partial charge in [-0.1, -0.05) is 43.8 Å². The molecular formula is C24H22N6OS2. The van der Waals surface area contributed by atoms with Gasteiger partial charge in [0.1, 0.15) is 11.1 Å². The van der Waals surface area contributed by atoms with Gasteiger partial charge >= 0.3 is 0 Å². The lowest BCUT2D eigenvalue weighted by atomic mass is 10.0. The van der Waals surface area contributed by atoms with Crippen molar-refractivity contribution in [2.45, 2.75) is 31.8 Å². The van der Waals surface area contributed by atoms with Crippen molar-refractivity contribution in [1.82, 2.24) is 19.7 Å². The number of nitrogens with one attached hydrogen (secondary N) is 1. The lowest BCUT2D eigenvalue weighted by Gasteiger charge is -2.17. The molecule has 0 unspecified atom stereocenters. The summed E-state index contributed by atoms with van der Waals surface area (Å²) in [4.78, 5) is 16.9. The maximum absolute atomic E-state index is 12.6. The minimum atomic E-state index is -0.198. The normalized spacial score (nSPS) is 10.7. The fourth-order valence-electron chi connectivity index (χ4n) is 3.54. The van der Waals surface area contributed by atoms with E-state index in [1.165, 1.54) is 34.2 Å². The van der Waals surface area contributed by atoms with Gasteiger partial charge in [0.15, 0.2) is 11.0 Å². The maximum Gasteiger partial charge on any atom is 0.235 e. The molecule has 166 valence electrons. The molecule has 0 atom stereocenters. The standard InChI is InChI=1S/C24H22N6OS2/c1-3-16-7-5-8-17(4-2)21(16)30-22(19-9-6-11-26-14-19)28-29-24(30)33-15-20(31)27-23-18(13-25)10-12-32-23/h5-12,14H,3-4,15H2,1-2H3,(H,27,31). The van der Waals surface area contributed by atoms with Crippen molar-refractivity contribution in [3.63, 3.8) is 0 Å². The third-order valence-electron chi connectivity index (χ3n) is 5.11. The Labute approximate surface area is 200 Å². The third-order valence-corrected chi connectivity index (χ3v) is 6.87. The number of benzene rings is 1. The highest BCUT2D eigenvalue weighted by atomic mass is 32.2. The smallest absolute Gasteiger partial charge is 0.235 e. The number of hydrogen-bond donors (Lipinski definition) is 1. The molecule has 7 nitrogen and oxygen atoms in total. The van der Waals surface area contributed by atoms with E-state index in [2.05, 4.69) is 58.6 Å². The second kappa shape index (κ2) is 10.4. The largest absolute Gasteiger partial charge is 0.316 e. The first kappa shape index (κ1) is 22.7. The molecule has 0 spiro atoms. The molecule has 4 rings (SSSR count). The van der Waals surface area contributed by atoms with Gasteiger partial charge < -0.3 is 5.32 Å². The van der Waals surface area contributed by atoms with Crippen molar-refractivity contribution >= 4 is 34.0 Å². The van der Waals surface area contributed by atoms with E-state index < -0.39 is 0 Å². The first-order valence-electron chi connectivity index (χ1n) is 10.5. The van der Waals surface area contributed by atoms with Gasteiger partial charge in [0, 0.05) is 18.0 Å². The van der Waals surface area contributed by atoms with Crippen LogP contribution >= 0.6 is 23.1 Å². The van der Waals surface area contributed by atoms with E-state index in [1.54, 1.807) is 23.8 Å². The van der Waals surface area contributed by atoms with Crippen LogP contribution in [0.25, 0.3) is 17.1 Å². The second-order valence-corrected chi connectivity index (χ2v) is 8.99. The van der Waals surface area contributed by atoms with E-state index in [-0.39, 0.29) is 11.7 Å². The lowest BCUT2D eigenvalue weighted by molar-refractivity contribution is -0.113. The first-order valence-corrected chi connectivity index (χ1v) is 12.4. The summed E-state index contributed by atoms with van der Waals surface area (Å²) in [5.41, 5.74) is 4.74. The summed E-state index contributed by atoms with van der Waals surface area (Å²) in [7, 11) is 0. The maximum atomic E-state index is 12.6. The molecule has 1 amide bonds. The number of thiophene rings is 1. The number of thioether (sulfide) groups is 1. The molecule has 1 N–H and O–H groups in total. The molecule has 9 heteroatoms. The monoisotopic (exact) mass is 474 g/mol. The van der Waals surface area contributed by atoms with Crippen LogP contribution in [0.3, 0.4) is 0 Å². The number of pyridine rings is 1. The van der Waals surface area contributed by atoms with Crippen LogP contribution in [0.4, 0.5) is 5.00 Å². The van der Waals surface area contributed by atoms with E-state index in [0.29, 0.717) is 21.5 Å². The summed E-state index contributed by atoms with van der Waals surface area (Å²) in [6.45, 7) is 4.25. The van der Waals surface area contributed by atoms with Gasteiger partial charge in [-0.05, 0) is 47.5 Å². The van der Waals surface area contributed by atoms with Crippen molar-refractivity contribution in [2.75, 3.05) is 11.1 Å². The Hall–Kier alpha value is -3.48. The fourth-order valence-corrected chi connectivity index (χ4v) is 5.03. The zero-order valence-electron chi connectivity index (χ0n) is 18.3. The predicted octanol–water partition coefficient (Wildman–Crippen LogP) is 5.12. The van der Waals surface area contributed by atoms with E-state index >= 15 is 0 Å². The highest BCUT2D eigenvalue weighted by Gasteiger charge is 2.21. The number of aryl methyl sites for hydroxylation is 2. The van der Waals surface area contributed by atoms with Crippen molar-refractivity contribution < 1.29 is 4.79 Å². The minimum absolute atomic E-state index is 0.143. The first-order chi connectivity index (χ1) is 16.2. The number of aromatic nitrogens is 4. The zero-order chi connectivity index (χ0) is 23.2. The van der Waals surface area contributed by atoms with Crippen LogP contribution in [-0.4, -0.2) is 31.4 Å². The van der Waals surface area contributed by atoms with Crippen LogP contribution in [-0.2, 0) is 17.6 Å². The van der Waals surface area contributed by atoms with E-state index in [4.69, 9.17) is 0 Å². The Morgan fingerprint density at radius 2 is 1.94 bits per heavy atom. The Balaban J connectivity index is 1.71. The van der Waals surface area contributed by atoms with E-state index in [0.717, 1.165) is 24.1 Å². The molecule has 0 fully saturated rings. The molecular weight excluding hydrogens is 452 g/mol. The predicted molar refractivity (Wildman–Crippen MR) is 132 cm³/mol. The van der Waals surface area contributed by atoms with Crippen molar-refractivity contribution in [1.29, 1.82) is 5.26 Å². The summed E-state index contributed by atoms with van der Waals surface area (Å²) < 4.78 is 2.04. The van der Waals surface area contributed by atoms with Gasteiger partial charge in [0.05, 0.1) is 17.0 Å². The Bertz CT molecular complexity index is 1280. The molecule has 0 aliphatic carbocycles. The number of nitriles is 1. The van der Waals surface area contributed by atoms with Gasteiger partial charge in [-0.3, -0.25) is 14.3 Å². The summed E-state index contributed by atoms with van der Waals surface area (Å²) in [6.07, 6.45) is 5.20. The van der Waals surface area contributed by atoms with Crippen LogP contribution < -0.4 is 5.32 Å². The summed E-state index contributed by atoms with van der Waals surface area (Å²) in [5, 5.41) is 23.9. The van der Waals surface area contributed by atoms with Gasteiger partial charge in [0.25, 0.3) is 0 Å². The summed E-state index contributed by atoms with van der Waals surface area (Å²) >= 11 is 2.65. The van der Waals surface area contributed by atoms with Crippen LogP contribution in [0.2, 0.25) is 0 Å². The topological polar surface area (TPSA) is 96.5 Å². The van der Waals surface area contributed by atoms with Gasteiger partial charge in [-0.2, -0.15) is 5.26 Å². The number of rotatable bonds is 8. The van der Waals surface area contributed by atoms with Gasteiger partial charge in [-0.15, -0.1) is 21.5 Å². The molecule has 1 aromatic carbocycles. The second-order valence-electron chi connectivity index (χ2n) is 7.13. The van der Waals surface area contributed by atoms with Crippen LogP contribution in [0, 0.1) is 11.3 Å². The Kier molecular flexibility index (Phi) is 7.17. The molecule has 0 aliphatic rings. The molecule has 0 saturated heterocycles. The number of nitrogens with zero attached hydrogens (tertiary/aromatic N) is 5. The zero-order valence-corrected chi connectivity index (χ0v) is 19.9. The number of amides is 1. The SMILES string of the molecule is CCc1cccc(CC)c1-n1c(SCC(=O)Nc2sccc2C#N)nnc1-c1cccnc1. The molecule has 0 aliphatic heterocycles. The van der Waals surface area contributed by atoms with E-state index in [1.807, 2.05) is 16.7 Å². The molecule has 3 aromatic heterocycles. The van der Waals surface area contributed by atoms with Crippen LogP contribution in [0.1, 0.15) is 30.5 Å². The average molecular weight is 475 g/mol.